The molecule has 0 radical (unpaired) electrons. The molecule has 2 heterocycles. The lowest BCUT2D eigenvalue weighted by Crippen LogP contribution is -2.42. The highest BCUT2D eigenvalue weighted by atomic mass is 16.5. The smallest absolute Gasteiger partial charge is 0.253 e. The molecule has 0 bridgehead atoms. The van der Waals surface area contributed by atoms with Gasteiger partial charge in [0.25, 0.3) is 5.91 Å². The SMILES string of the molecule is Cc1c(C(=O)NCC(C)(C)C(N)=O)cc(-c2cc(C(C)(C)C)c3c(c2)C2(CCO3)CC2)n1CC1CCCCC1. The number of nitrogens with one attached hydrogen (secondary N) is 1. The molecule has 1 aliphatic heterocycles. The Morgan fingerprint density at radius 2 is 1.74 bits per heavy atom. The lowest BCUT2D eigenvalue weighted by molar-refractivity contribution is -0.125. The number of hydrogen-bond donors (Lipinski definition) is 2. The maximum atomic E-state index is 13.5. The zero-order chi connectivity index (χ0) is 28.2. The second-order valence-electron chi connectivity index (χ2n) is 14.1. The third-order valence-corrected chi connectivity index (χ3v) is 9.58. The fourth-order valence-corrected chi connectivity index (χ4v) is 6.50. The van der Waals surface area contributed by atoms with Crippen LogP contribution in [0.1, 0.15) is 113 Å². The van der Waals surface area contributed by atoms with Gasteiger partial charge in [-0.25, -0.2) is 0 Å². The summed E-state index contributed by atoms with van der Waals surface area (Å²) in [6, 6.07) is 6.74. The van der Waals surface area contributed by atoms with Crippen LogP contribution >= 0.6 is 0 Å². The first-order valence-corrected chi connectivity index (χ1v) is 14.9. The number of nitrogens with zero attached hydrogens (tertiary/aromatic N) is 1. The second-order valence-corrected chi connectivity index (χ2v) is 14.1. The van der Waals surface area contributed by atoms with Crippen LogP contribution in [0.15, 0.2) is 18.2 Å². The van der Waals surface area contributed by atoms with Crippen molar-refractivity contribution in [2.75, 3.05) is 13.2 Å². The Bertz CT molecular complexity index is 1250. The minimum absolute atomic E-state index is 0.0656. The predicted molar refractivity (Wildman–Crippen MR) is 156 cm³/mol. The van der Waals surface area contributed by atoms with Crippen molar-refractivity contribution >= 4 is 11.8 Å². The molecule has 2 aromatic rings. The zero-order valence-corrected chi connectivity index (χ0v) is 24.8. The number of nitrogens with two attached hydrogens (primary N) is 1. The van der Waals surface area contributed by atoms with Crippen LogP contribution in [0.4, 0.5) is 0 Å². The summed E-state index contributed by atoms with van der Waals surface area (Å²) in [7, 11) is 0. The first-order chi connectivity index (χ1) is 18.3. The highest BCUT2D eigenvalue weighted by molar-refractivity contribution is 5.97. The number of hydrogen-bond acceptors (Lipinski definition) is 3. The molecule has 6 nitrogen and oxygen atoms in total. The fraction of sp³-hybridized carbons (Fsp3) is 0.636. The maximum absolute atomic E-state index is 13.5. The number of aromatic nitrogens is 1. The zero-order valence-electron chi connectivity index (χ0n) is 24.8. The molecule has 1 spiro atoms. The maximum Gasteiger partial charge on any atom is 0.253 e. The third kappa shape index (κ3) is 5.36. The number of carbonyl (C=O) groups is 2. The number of carbonyl (C=O) groups excluding carboxylic acids is 2. The average molecular weight is 534 g/mol. The molecule has 212 valence electrons. The van der Waals surface area contributed by atoms with Crippen molar-refractivity contribution in [3.05, 3.63) is 40.6 Å². The Morgan fingerprint density at radius 1 is 1.05 bits per heavy atom. The summed E-state index contributed by atoms with van der Waals surface area (Å²) < 4.78 is 8.73. The van der Waals surface area contributed by atoms with Gasteiger partial charge in [0.1, 0.15) is 5.75 Å². The van der Waals surface area contributed by atoms with Crippen molar-refractivity contribution in [3.63, 3.8) is 0 Å². The van der Waals surface area contributed by atoms with E-state index >= 15 is 0 Å². The fourth-order valence-electron chi connectivity index (χ4n) is 6.50. The van der Waals surface area contributed by atoms with Crippen LogP contribution in [0.2, 0.25) is 0 Å². The van der Waals surface area contributed by atoms with Crippen molar-refractivity contribution < 1.29 is 14.3 Å². The van der Waals surface area contributed by atoms with Gasteiger partial charge in [0.15, 0.2) is 0 Å². The molecule has 39 heavy (non-hydrogen) atoms. The molecular weight excluding hydrogens is 486 g/mol. The minimum atomic E-state index is -0.810. The van der Waals surface area contributed by atoms with Crippen LogP contribution < -0.4 is 15.8 Å². The van der Waals surface area contributed by atoms with Crippen LogP contribution in [-0.4, -0.2) is 29.5 Å². The molecule has 5 rings (SSSR count). The number of primary amides is 1. The van der Waals surface area contributed by atoms with E-state index in [0.29, 0.717) is 11.5 Å². The molecule has 0 unspecified atom stereocenters. The Kier molecular flexibility index (Phi) is 7.13. The molecule has 0 saturated heterocycles. The molecule has 3 aliphatic rings. The van der Waals surface area contributed by atoms with Gasteiger partial charge >= 0.3 is 0 Å². The summed E-state index contributed by atoms with van der Waals surface area (Å²) in [6.45, 7) is 14.3. The van der Waals surface area contributed by atoms with Gasteiger partial charge in [-0.15, -0.1) is 0 Å². The second kappa shape index (κ2) is 10.0. The van der Waals surface area contributed by atoms with Gasteiger partial charge in [0.2, 0.25) is 5.91 Å². The summed E-state index contributed by atoms with van der Waals surface area (Å²) in [4.78, 5) is 25.3. The molecule has 2 saturated carbocycles. The number of benzene rings is 1. The molecule has 2 fully saturated rings. The van der Waals surface area contributed by atoms with Gasteiger partial charge in [-0.1, -0.05) is 40.0 Å². The molecule has 2 aliphatic carbocycles. The van der Waals surface area contributed by atoms with Gasteiger partial charge in [-0.2, -0.15) is 0 Å². The predicted octanol–water partition coefficient (Wildman–Crippen LogP) is 6.40. The molecule has 3 N–H and O–H groups in total. The van der Waals surface area contributed by atoms with E-state index in [1.807, 2.05) is 0 Å². The largest absolute Gasteiger partial charge is 0.493 e. The van der Waals surface area contributed by atoms with Gasteiger partial charge < -0.3 is 20.4 Å². The highest BCUT2D eigenvalue weighted by Crippen LogP contribution is 2.58. The van der Waals surface area contributed by atoms with Gasteiger partial charge in [0, 0.05) is 41.0 Å². The third-order valence-electron chi connectivity index (χ3n) is 9.58. The molecule has 1 aromatic heterocycles. The van der Waals surface area contributed by atoms with Gasteiger partial charge in [-0.05, 0) is 88.0 Å². The van der Waals surface area contributed by atoms with Crippen molar-refractivity contribution in [2.24, 2.45) is 17.1 Å². The Hall–Kier alpha value is -2.76. The Balaban J connectivity index is 1.60. The number of ether oxygens (including phenoxy) is 1. The van der Waals surface area contributed by atoms with Crippen LogP contribution in [-0.2, 0) is 22.2 Å². The number of rotatable bonds is 7. The molecule has 1 aromatic carbocycles. The quantitative estimate of drug-likeness (QED) is 0.432. The van der Waals surface area contributed by atoms with Crippen LogP contribution in [0.3, 0.4) is 0 Å². The van der Waals surface area contributed by atoms with Gasteiger partial charge in [0.05, 0.1) is 17.6 Å². The highest BCUT2D eigenvalue weighted by Gasteiger charge is 2.49. The molecule has 6 heteroatoms. The Labute approximate surface area is 234 Å². The lowest BCUT2D eigenvalue weighted by atomic mass is 9.79. The summed E-state index contributed by atoms with van der Waals surface area (Å²) in [5.74, 6) is 1.13. The summed E-state index contributed by atoms with van der Waals surface area (Å²) in [6.07, 6.45) is 9.88. The summed E-state index contributed by atoms with van der Waals surface area (Å²) >= 11 is 0. The summed E-state index contributed by atoms with van der Waals surface area (Å²) in [5.41, 5.74) is 11.5. The first-order valence-electron chi connectivity index (χ1n) is 14.9. The van der Waals surface area contributed by atoms with E-state index in [0.717, 1.165) is 36.7 Å². The summed E-state index contributed by atoms with van der Waals surface area (Å²) in [5, 5.41) is 2.99. The van der Waals surface area contributed by atoms with E-state index in [1.54, 1.807) is 13.8 Å². The van der Waals surface area contributed by atoms with E-state index in [2.05, 4.69) is 55.8 Å². The van der Waals surface area contributed by atoms with Gasteiger partial charge in [-0.3, -0.25) is 9.59 Å². The van der Waals surface area contributed by atoms with E-state index in [1.165, 1.54) is 61.6 Å². The van der Waals surface area contributed by atoms with Crippen molar-refractivity contribution in [1.29, 1.82) is 0 Å². The molecule has 0 atom stereocenters. The monoisotopic (exact) mass is 533 g/mol. The standard InChI is InChI=1S/C33H47N3O3/c1-21-24(29(37)35-20-32(5,6)30(34)38)18-27(36(21)19-22-10-8-7-9-11-22)23-16-25(31(2,3)4)28-26(17-23)33(12-13-33)14-15-39-28/h16-18,22H,7-15,19-20H2,1-6H3,(H2,34,38)(H,35,37). The Morgan fingerprint density at radius 3 is 2.36 bits per heavy atom. The number of fused-ring (bicyclic) bond motifs is 2. The topological polar surface area (TPSA) is 86.3 Å². The van der Waals surface area contributed by atoms with Crippen molar-refractivity contribution in [1.82, 2.24) is 9.88 Å². The lowest BCUT2D eigenvalue weighted by Gasteiger charge is -2.33. The van der Waals surface area contributed by atoms with E-state index in [9.17, 15) is 9.59 Å². The van der Waals surface area contributed by atoms with E-state index in [4.69, 9.17) is 10.5 Å². The first kappa shape index (κ1) is 27.8. The molecule has 2 amide bonds. The van der Waals surface area contributed by atoms with Crippen molar-refractivity contribution in [3.8, 4) is 17.0 Å². The van der Waals surface area contributed by atoms with Crippen molar-refractivity contribution in [2.45, 2.75) is 110 Å². The van der Waals surface area contributed by atoms with Crippen LogP contribution in [0.25, 0.3) is 11.3 Å². The average Bonchev–Trinajstić information content (AvgIpc) is 3.58. The normalized spacial score (nSPS) is 18.9. The minimum Gasteiger partial charge on any atom is -0.493 e. The number of amides is 2. The molecular formula is C33H47N3O3. The van der Waals surface area contributed by atoms with E-state index in [-0.39, 0.29) is 23.3 Å². The van der Waals surface area contributed by atoms with E-state index < -0.39 is 11.3 Å². The van der Waals surface area contributed by atoms with Crippen LogP contribution in [0, 0.1) is 18.3 Å². The van der Waals surface area contributed by atoms with Crippen LogP contribution in [0.5, 0.6) is 5.75 Å².